The molecular formula is C11H9ClN2S. The monoisotopic (exact) mass is 236 g/mol. The Bertz CT molecular complexity index is 456. The fourth-order valence-corrected chi connectivity index (χ4v) is 2.07. The summed E-state index contributed by atoms with van der Waals surface area (Å²) < 4.78 is 0. The van der Waals surface area contributed by atoms with Crippen LogP contribution >= 0.6 is 23.4 Å². The van der Waals surface area contributed by atoms with Crippen LogP contribution in [0.25, 0.3) is 0 Å². The standard InChI is InChI=1S/C11H9ClN2S/c12-8-1-3-9(4-2-8)15-11-5-6-14-7-10(11)13/h1-7H,13H2. The summed E-state index contributed by atoms with van der Waals surface area (Å²) in [6, 6.07) is 9.55. The van der Waals surface area contributed by atoms with Crippen molar-refractivity contribution in [1.29, 1.82) is 0 Å². The number of pyridine rings is 1. The number of hydrogen-bond donors (Lipinski definition) is 1. The molecule has 0 bridgehead atoms. The van der Waals surface area contributed by atoms with Crippen LogP contribution in [0.1, 0.15) is 0 Å². The first-order chi connectivity index (χ1) is 7.25. The highest BCUT2D eigenvalue weighted by Gasteiger charge is 2.00. The van der Waals surface area contributed by atoms with Gasteiger partial charge in [0.05, 0.1) is 11.9 Å². The zero-order valence-electron chi connectivity index (χ0n) is 7.85. The molecule has 0 amide bonds. The van der Waals surface area contributed by atoms with E-state index >= 15 is 0 Å². The van der Waals surface area contributed by atoms with E-state index in [0.717, 1.165) is 14.8 Å². The molecule has 0 saturated carbocycles. The minimum Gasteiger partial charge on any atom is -0.397 e. The van der Waals surface area contributed by atoms with E-state index in [2.05, 4.69) is 4.98 Å². The molecule has 2 nitrogen and oxygen atoms in total. The Morgan fingerprint density at radius 2 is 1.87 bits per heavy atom. The predicted molar refractivity (Wildman–Crippen MR) is 64.2 cm³/mol. The number of aromatic nitrogens is 1. The lowest BCUT2D eigenvalue weighted by molar-refractivity contribution is 1.27. The van der Waals surface area contributed by atoms with Crippen LogP contribution in [-0.4, -0.2) is 4.98 Å². The first-order valence-electron chi connectivity index (χ1n) is 4.38. The molecule has 0 atom stereocenters. The van der Waals surface area contributed by atoms with Crippen molar-refractivity contribution >= 4 is 29.1 Å². The van der Waals surface area contributed by atoms with Crippen molar-refractivity contribution in [3.63, 3.8) is 0 Å². The van der Waals surface area contributed by atoms with E-state index < -0.39 is 0 Å². The van der Waals surface area contributed by atoms with Crippen molar-refractivity contribution in [2.45, 2.75) is 9.79 Å². The molecule has 15 heavy (non-hydrogen) atoms. The predicted octanol–water partition coefficient (Wildman–Crippen LogP) is 3.47. The normalized spacial score (nSPS) is 10.2. The molecule has 0 saturated heterocycles. The lowest BCUT2D eigenvalue weighted by Gasteiger charge is -2.03. The minimum absolute atomic E-state index is 0.692. The fraction of sp³-hybridized carbons (Fsp3) is 0. The van der Waals surface area contributed by atoms with Crippen LogP contribution < -0.4 is 5.73 Å². The van der Waals surface area contributed by atoms with Gasteiger partial charge in [0, 0.05) is 21.0 Å². The van der Waals surface area contributed by atoms with Gasteiger partial charge >= 0.3 is 0 Å². The van der Waals surface area contributed by atoms with Gasteiger partial charge in [0.1, 0.15) is 0 Å². The fourth-order valence-electron chi connectivity index (χ4n) is 1.12. The maximum atomic E-state index is 5.80. The summed E-state index contributed by atoms with van der Waals surface area (Å²) in [5.74, 6) is 0. The van der Waals surface area contributed by atoms with E-state index in [0.29, 0.717) is 5.69 Å². The van der Waals surface area contributed by atoms with E-state index in [1.807, 2.05) is 30.3 Å². The molecule has 1 aromatic heterocycles. The van der Waals surface area contributed by atoms with E-state index in [1.165, 1.54) is 0 Å². The highest BCUT2D eigenvalue weighted by molar-refractivity contribution is 7.99. The molecule has 1 heterocycles. The van der Waals surface area contributed by atoms with Crippen LogP contribution in [-0.2, 0) is 0 Å². The van der Waals surface area contributed by atoms with Gasteiger partial charge in [0.2, 0.25) is 0 Å². The Morgan fingerprint density at radius 3 is 2.53 bits per heavy atom. The van der Waals surface area contributed by atoms with E-state index in [-0.39, 0.29) is 0 Å². The average molecular weight is 237 g/mol. The third-order valence-electron chi connectivity index (χ3n) is 1.85. The molecule has 0 unspecified atom stereocenters. The van der Waals surface area contributed by atoms with Crippen molar-refractivity contribution in [3.8, 4) is 0 Å². The third kappa shape index (κ3) is 2.64. The maximum Gasteiger partial charge on any atom is 0.0642 e. The summed E-state index contributed by atoms with van der Waals surface area (Å²) >= 11 is 7.40. The molecule has 2 N–H and O–H groups in total. The molecule has 0 aliphatic rings. The van der Waals surface area contributed by atoms with Gasteiger partial charge in [-0.15, -0.1) is 0 Å². The molecule has 4 heteroatoms. The largest absolute Gasteiger partial charge is 0.397 e. The Hall–Kier alpha value is -1.19. The van der Waals surface area contributed by atoms with Crippen molar-refractivity contribution in [2.24, 2.45) is 0 Å². The van der Waals surface area contributed by atoms with Gasteiger partial charge in [-0.05, 0) is 30.3 Å². The molecule has 0 aliphatic carbocycles. The second-order valence-electron chi connectivity index (χ2n) is 2.97. The Kier molecular flexibility index (Phi) is 3.14. The highest BCUT2D eigenvalue weighted by atomic mass is 35.5. The molecule has 76 valence electrons. The number of nitrogen functional groups attached to an aromatic ring is 1. The SMILES string of the molecule is Nc1cnccc1Sc1ccc(Cl)cc1. The van der Waals surface area contributed by atoms with Gasteiger partial charge in [-0.1, -0.05) is 23.4 Å². The van der Waals surface area contributed by atoms with Gasteiger partial charge in [0.25, 0.3) is 0 Å². The number of nitrogens with zero attached hydrogens (tertiary/aromatic N) is 1. The van der Waals surface area contributed by atoms with Gasteiger partial charge in [-0.3, -0.25) is 4.98 Å². The quantitative estimate of drug-likeness (QED) is 0.868. The van der Waals surface area contributed by atoms with Crippen LogP contribution in [0.4, 0.5) is 5.69 Å². The molecule has 0 spiro atoms. The van der Waals surface area contributed by atoms with Crippen molar-refractivity contribution in [2.75, 3.05) is 5.73 Å². The number of nitrogens with two attached hydrogens (primary N) is 1. The zero-order chi connectivity index (χ0) is 10.7. The summed E-state index contributed by atoms with van der Waals surface area (Å²) in [5, 5.41) is 0.738. The Morgan fingerprint density at radius 1 is 1.13 bits per heavy atom. The number of benzene rings is 1. The Labute approximate surface area is 97.5 Å². The molecular weight excluding hydrogens is 228 g/mol. The zero-order valence-corrected chi connectivity index (χ0v) is 9.42. The van der Waals surface area contributed by atoms with Crippen LogP contribution in [0.5, 0.6) is 0 Å². The summed E-state index contributed by atoms with van der Waals surface area (Å²) in [6.45, 7) is 0. The van der Waals surface area contributed by atoms with E-state index in [4.69, 9.17) is 17.3 Å². The molecule has 2 aromatic rings. The lowest BCUT2D eigenvalue weighted by atomic mass is 10.4. The number of anilines is 1. The lowest BCUT2D eigenvalue weighted by Crippen LogP contribution is -1.88. The van der Waals surface area contributed by atoms with Gasteiger partial charge in [0.15, 0.2) is 0 Å². The van der Waals surface area contributed by atoms with Gasteiger partial charge in [-0.2, -0.15) is 0 Å². The summed E-state index contributed by atoms with van der Waals surface area (Å²) in [7, 11) is 0. The van der Waals surface area contributed by atoms with Crippen LogP contribution in [0, 0.1) is 0 Å². The first-order valence-corrected chi connectivity index (χ1v) is 5.58. The molecule has 1 aromatic carbocycles. The van der Waals surface area contributed by atoms with E-state index in [1.54, 1.807) is 24.2 Å². The van der Waals surface area contributed by atoms with Crippen molar-refractivity contribution < 1.29 is 0 Å². The number of hydrogen-bond acceptors (Lipinski definition) is 3. The highest BCUT2D eigenvalue weighted by Crippen LogP contribution is 2.31. The van der Waals surface area contributed by atoms with Crippen LogP contribution in [0.15, 0.2) is 52.5 Å². The van der Waals surface area contributed by atoms with Gasteiger partial charge < -0.3 is 5.73 Å². The topological polar surface area (TPSA) is 38.9 Å². The van der Waals surface area contributed by atoms with E-state index in [9.17, 15) is 0 Å². The summed E-state index contributed by atoms with van der Waals surface area (Å²) in [6.07, 6.45) is 3.38. The summed E-state index contributed by atoms with van der Waals surface area (Å²) in [4.78, 5) is 6.06. The second-order valence-corrected chi connectivity index (χ2v) is 4.52. The maximum absolute atomic E-state index is 5.80. The third-order valence-corrected chi connectivity index (χ3v) is 3.20. The van der Waals surface area contributed by atoms with Gasteiger partial charge in [-0.25, -0.2) is 0 Å². The number of halogens is 1. The minimum atomic E-state index is 0.692. The smallest absolute Gasteiger partial charge is 0.0642 e. The Balaban J connectivity index is 2.22. The van der Waals surface area contributed by atoms with Crippen LogP contribution in [0.3, 0.4) is 0 Å². The first kappa shape index (κ1) is 10.3. The molecule has 0 fully saturated rings. The number of rotatable bonds is 2. The van der Waals surface area contributed by atoms with Crippen molar-refractivity contribution in [1.82, 2.24) is 4.98 Å². The van der Waals surface area contributed by atoms with Crippen molar-refractivity contribution in [3.05, 3.63) is 47.7 Å². The molecule has 2 rings (SSSR count). The molecule has 0 aliphatic heterocycles. The second kappa shape index (κ2) is 4.55. The average Bonchev–Trinajstić information content (AvgIpc) is 2.25. The molecule has 0 radical (unpaired) electrons. The summed E-state index contributed by atoms with van der Waals surface area (Å²) in [5.41, 5.74) is 6.48. The van der Waals surface area contributed by atoms with Crippen LogP contribution in [0.2, 0.25) is 5.02 Å².